The Kier molecular flexibility index (Phi) is 17.3. The van der Waals surface area contributed by atoms with Gasteiger partial charge in [-0.3, -0.25) is 0 Å². The summed E-state index contributed by atoms with van der Waals surface area (Å²) in [6.07, 6.45) is 16.2. The van der Waals surface area contributed by atoms with Crippen LogP contribution >= 0.6 is 0 Å². The summed E-state index contributed by atoms with van der Waals surface area (Å²) in [5.41, 5.74) is 13.6. The maximum absolute atomic E-state index is 9.20. The highest BCUT2D eigenvalue weighted by molar-refractivity contribution is 5.56. The molecule has 0 bridgehead atoms. The number of aryl methyl sites for hydroxylation is 3. The fourth-order valence-corrected chi connectivity index (χ4v) is 4.32. The third-order valence-electron chi connectivity index (χ3n) is 6.37. The van der Waals surface area contributed by atoms with E-state index in [1.54, 1.807) is 0 Å². The molecule has 0 aliphatic heterocycles. The maximum atomic E-state index is 9.20. The Labute approximate surface area is 209 Å². The number of benzene rings is 2. The smallest absolute Gasteiger partial charge is 0.0472 e. The normalized spacial score (nSPS) is 10.7. The van der Waals surface area contributed by atoms with E-state index in [2.05, 4.69) is 57.2 Å². The van der Waals surface area contributed by atoms with Gasteiger partial charge in [-0.1, -0.05) is 95.7 Å². The van der Waals surface area contributed by atoms with Gasteiger partial charge in [0, 0.05) is 18.9 Å². The number of nitrogens with two attached hydrogens (primary N) is 1. The van der Waals surface area contributed by atoms with E-state index in [4.69, 9.17) is 10.8 Å². The lowest BCUT2D eigenvalue weighted by atomic mass is 9.95. The summed E-state index contributed by atoms with van der Waals surface area (Å²) in [4.78, 5) is 0. The van der Waals surface area contributed by atoms with Gasteiger partial charge in [-0.25, -0.2) is 0 Å². The van der Waals surface area contributed by atoms with Crippen LogP contribution in [0.2, 0.25) is 0 Å². The number of anilines is 1. The molecule has 0 aliphatic carbocycles. The van der Waals surface area contributed by atoms with Crippen molar-refractivity contribution < 1.29 is 10.2 Å². The van der Waals surface area contributed by atoms with E-state index in [0.717, 1.165) is 30.5 Å². The Hall–Kier alpha value is -1.84. The van der Waals surface area contributed by atoms with Crippen LogP contribution in [0.5, 0.6) is 0 Å². The first-order valence-electron chi connectivity index (χ1n) is 13.8. The first kappa shape index (κ1) is 30.2. The third-order valence-corrected chi connectivity index (χ3v) is 6.37. The fraction of sp³-hybridized carbons (Fsp3) is 0.613. The van der Waals surface area contributed by atoms with Crippen molar-refractivity contribution in [2.45, 2.75) is 111 Å². The minimum absolute atomic E-state index is 0.178. The molecule has 0 fully saturated rings. The van der Waals surface area contributed by atoms with Crippen LogP contribution in [0.3, 0.4) is 0 Å². The van der Waals surface area contributed by atoms with Gasteiger partial charge in [0.15, 0.2) is 0 Å². The predicted octanol–water partition coefficient (Wildman–Crippen LogP) is 7.22. The van der Waals surface area contributed by atoms with Crippen LogP contribution < -0.4 is 5.73 Å². The molecule has 3 heteroatoms. The number of nitrogen functional groups attached to an aromatic ring is 1. The van der Waals surface area contributed by atoms with Gasteiger partial charge < -0.3 is 15.9 Å². The summed E-state index contributed by atoms with van der Waals surface area (Å²) in [7, 11) is 0. The van der Waals surface area contributed by atoms with Crippen molar-refractivity contribution in [3.05, 3.63) is 64.2 Å². The van der Waals surface area contributed by atoms with Crippen LogP contribution in [-0.4, -0.2) is 23.4 Å². The monoisotopic (exact) mass is 469 g/mol. The van der Waals surface area contributed by atoms with Crippen LogP contribution in [-0.2, 0) is 32.1 Å². The van der Waals surface area contributed by atoms with Crippen LogP contribution in [0.1, 0.15) is 106 Å². The van der Waals surface area contributed by atoms with E-state index in [-0.39, 0.29) is 13.2 Å². The van der Waals surface area contributed by atoms with E-state index in [1.165, 1.54) is 86.5 Å². The van der Waals surface area contributed by atoms with Crippen LogP contribution in [0.25, 0.3) is 0 Å². The van der Waals surface area contributed by atoms with Gasteiger partial charge in [0.2, 0.25) is 0 Å². The summed E-state index contributed by atoms with van der Waals surface area (Å²) in [5, 5.41) is 18.0. The molecule has 0 aliphatic rings. The van der Waals surface area contributed by atoms with Gasteiger partial charge in [0.1, 0.15) is 0 Å². The Morgan fingerprint density at radius 2 is 1.03 bits per heavy atom. The third kappa shape index (κ3) is 12.6. The molecule has 0 amide bonds. The molecular formula is C31H51NO2. The zero-order chi connectivity index (χ0) is 25.0. The number of aliphatic hydroxyl groups excluding tert-OH is 2. The summed E-state index contributed by atoms with van der Waals surface area (Å²) in [6, 6.07) is 13.1. The lowest BCUT2D eigenvalue weighted by Crippen LogP contribution is -2.04. The molecule has 2 rings (SSSR count). The van der Waals surface area contributed by atoms with Gasteiger partial charge in [-0.15, -0.1) is 0 Å². The number of aliphatic hydroxyl groups is 2. The second-order valence-electron chi connectivity index (χ2n) is 9.47. The Morgan fingerprint density at radius 3 is 1.56 bits per heavy atom. The van der Waals surface area contributed by atoms with Crippen LogP contribution in [0, 0.1) is 0 Å². The summed E-state index contributed by atoms with van der Waals surface area (Å²) < 4.78 is 0. The lowest BCUT2D eigenvalue weighted by Gasteiger charge is -2.14. The molecule has 3 nitrogen and oxygen atoms in total. The van der Waals surface area contributed by atoms with Gasteiger partial charge in [0.25, 0.3) is 0 Å². The second-order valence-corrected chi connectivity index (χ2v) is 9.47. The number of rotatable bonds is 16. The quantitative estimate of drug-likeness (QED) is 0.179. The lowest BCUT2D eigenvalue weighted by molar-refractivity contribution is 0.299. The minimum Gasteiger partial charge on any atom is -0.398 e. The van der Waals surface area contributed by atoms with E-state index in [9.17, 15) is 5.11 Å². The molecule has 0 heterocycles. The molecule has 0 saturated carbocycles. The Morgan fingerprint density at radius 1 is 0.559 bits per heavy atom. The Bertz CT molecular complexity index is 772. The Balaban J connectivity index is 0.000000362. The number of unbranched alkanes of at least 4 members (excludes halogenated alkanes) is 6. The minimum atomic E-state index is 0.178. The average molecular weight is 470 g/mol. The van der Waals surface area contributed by atoms with Crippen molar-refractivity contribution in [3.63, 3.8) is 0 Å². The van der Waals surface area contributed by atoms with Crippen molar-refractivity contribution >= 4 is 5.69 Å². The maximum Gasteiger partial charge on any atom is 0.0472 e. The first-order chi connectivity index (χ1) is 16.6. The van der Waals surface area contributed by atoms with Crippen molar-refractivity contribution in [1.29, 1.82) is 0 Å². The SMILES string of the molecule is CCCCCc1cc(CCO)c(N)c(CCCCC)c1.CCCCCc1cccc(CCO)c1. The molecule has 2 aromatic carbocycles. The molecule has 0 radical (unpaired) electrons. The summed E-state index contributed by atoms with van der Waals surface area (Å²) in [5.74, 6) is 0. The average Bonchev–Trinajstić information content (AvgIpc) is 2.83. The molecule has 192 valence electrons. The zero-order valence-corrected chi connectivity index (χ0v) is 22.2. The van der Waals surface area contributed by atoms with Gasteiger partial charge >= 0.3 is 0 Å². The number of hydrogen-bond acceptors (Lipinski definition) is 3. The van der Waals surface area contributed by atoms with E-state index < -0.39 is 0 Å². The largest absolute Gasteiger partial charge is 0.398 e. The molecule has 0 saturated heterocycles. The van der Waals surface area contributed by atoms with Crippen molar-refractivity contribution in [3.8, 4) is 0 Å². The first-order valence-corrected chi connectivity index (χ1v) is 13.8. The highest BCUT2D eigenvalue weighted by Crippen LogP contribution is 2.24. The van der Waals surface area contributed by atoms with Crippen molar-refractivity contribution in [2.75, 3.05) is 18.9 Å². The second kappa shape index (κ2) is 19.5. The molecule has 4 N–H and O–H groups in total. The van der Waals surface area contributed by atoms with Crippen molar-refractivity contribution in [1.82, 2.24) is 0 Å². The van der Waals surface area contributed by atoms with Crippen LogP contribution in [0.15, 0.2) is 36.4 Å². The highest BCUT2D eigenvalue weighted by Gasteiger charge is 2.08. The molecule has 0 spiro atoms. The van der Waals surface area contributed by atoms with Gasteiger partial charge in [0.05, 0.1) is 0 Å². The van der Waals surface area contributed by atoms with E-state index in [0.29, 0.717) is 6.42 Å². The van der Waals surface area contributed by atoms with Crippen molar-refractivity contribution in [2.24, 2.45) is 0 Å². The molecule has 2 aromatic rings. The van der Waals surface area contributed by atoms with Gasteiger partial charge in [-0.2, -0.15) is 0 Å². The molecular weight excluding hydrogens is 418 g/mol. The molecule has 0 aromatic heterocycles. The van der Waals surface area contributed by atoms with E-state index in [1.807, 2.05) is 0 Å². The number of hydrogen-bond donors (Lipinski definition) is 3. The van der Waals surface area contributed by atoms with Gasteiger partial charge in [-0.05, 0) is 79.2 Å². The van der Waals surface area contributed by atoms with E-state index >= 15 is 0 Å². The molecule has 34 heavy (non-hydrogen) atoms. The standard InChI is InChI=1S/C18H31NO.C13H20O/c1-3-5-7-9-15-13-16(10-8-6-4-2)18(19)17(14-15)11-12-20;1-2-3-4-6-12-7-5-8-13(11-12)9-10-14/h13-14,20H,3-12,19H2,1-2H3;5,7-8,11,14H,2-4,6,9-10H2,1H3. The molecule has 0 unspecified atom stereocenters. The van der Waals surface area contributed by atoms with Crippen LogP contribution in [0.4, 0.5) is 5.69 Å². The predicted molar refractivity (Wildman–Crippen MR) is 149 cm³/mol. The highest BCUT2D eigenvalue weighted by atomic mass is 16.3. The topological polar surface area (TPSA) is 66.5 Å². The fourth-order valence-electron chi connectivity index (χ4n) is 4.32. The zero-order valence-electron chi connectivity index (χ0n) is 22.2. The summed E-state index contributed by atoms with van der Waals surface area (Å²) in [6.45, 7) is 7.11. The summed E-state index contributed by atoms with van der Waals surface area (Å²) >= 11 is 0. The molecule has 0 atom stereocenters.